The van der Waals surface area contributed by atoms with E-state index in [1.54, 1.807) is 12.1 Å². The Hall–Kier alpha value is -2.66. The standard InChI is InChI=1S/C20H17BrN2O2/c1-13-10-17(8-9-18(13)21)23-19(24)12-22-20(25)16-7-6-14-4-2-3-5-15(14)11-16/h2-11H,12H2,1H3,(H,22,25)(H,23,24). The number of hydrogen-bond acceptors (Lipinski definition) is 2. The summed E-state index contributed by atoms with van der Waals surface area (Å²) in [6, 6.07) is 18.8. The summed E-state index contributed by atoms with van der Waals surface area (Å²) >= 11 is 3.42. The summed E-state index contributed by atoms with van der Waals surface area (Å²) in [5.74, 6) is -0.538. The average Bonchev–Trinajstić information content (AvgIpc) is 2.62. The number of amides is 2. The van der Waals surface area contributed by atoms with Crippen molar-refractivity contribution in [3.05, 3.63) is 76.3 Å². The van der Waals surface area contributed by atoms with Crippen molar-refractivity contribution in [1.82, 2.24) is 5.32 Å². The van der Waals surface area contributed by atoms with Crippen LogP contribution in [0.2, 0.25) is 0 Å². The number of rotatable bonds is 4. The van der Waals surface area contributed by atoms with E-state index in [0.29, 0.717) is 11.3 Å². The Balaban J connectivity index is 1.60. The molecule has 5 heteroatoms. The van der Waals surface area contributed by atoms with E-state index in [9.17, 15) is 9.59 Å². The first-order valence-corrected chi connectivity index (χ1v) is 8.65. The van der Waals surface area contributed by atoms with E-state index < -0.39 is 0 Å². The van der Waals surface area contributed by atoms with Crippen LogP contribution in [0, 0.1) is 6.92 Å². The molecule has 0 bridgehead atoms. The van der Waals surface area contributed by atoms with Crippen molar-refractivity contribution < 1.29 is 9.59 Å². The van der Waals surface area contributed by atoms with E-state index in [1.165, 1.54) is 0 Å². The fourth-order valence-electron chi connectivity index (χ4n) is 2.52. The molecular weight excluding hydrogens is 380 g/mol. The maximum atomic E-state index is 12.2. The van der Waals surface area contributed by atoms with Crippen LogP contribution in [-0.4, -0.2) is 18.4 Å². The number of carbonyl (C=O) groups excluding carboxylic acids is 2. The predicted octanol–water partition coefficient (Wildman–Crippen LogP) is 4.28. The first kappa shape index (κ1) is 17.2. The average molecular weight is 397 g/mol. The molecule has 0 saturated carbocycles. The molecule has 0 radical (unpaired) electrons. The highest BCUT2D eigenvalue weighted by atomic mass is 79.9. The molecule has 0 aliphatic heterocycles. The zero-order valence-corrected chi connectivity index (χ0v) is 15.3. The number of aryl methyl sites for hydroxylation is 1. The Bertz CT molecular complexity index is 953. The van der Waals surface area contributed by atoms with Gasteiger partial charge in [0.15, 0.2) is 0 Å². The molecule has 25 heavy (non-hydrogen) atoms. The SMILES string of the molecule is Cc1cc(NC(=O)CNC(=O)c2ccc3ccccc3c2)ccc1Br. The molecule has 0 heterocycles. The lowest BCUT2D eigenvalue weighted by Crippen LogP contribution is -2.32. The fourth-order valence-corrected chi connectivity index (χ4v) is 2.77. The van der Waals surface area contributed by atoms with Crippen molar-refractivity contribution in [3.8, 4) is 0 Å². The van der Waals surface area contributed by atoms with E-state index >= 15 is 0 Å². The topological polar surface area (TPSA) is 58.2 Å². The van der Waals surface area contributed by atoms with Crippen molar-refractivity contribution in [2.24, 2.45) is 0 Å². The van der Waals surface area contributed by atoms with Gasteiger partial charge in [-0.05, 0) is 53.6 Å². The maximum absolute atomic E-state index is 12.2. The minimum absolute atomic E-state index is 0.0826. The van der Waals surface area contributed by atoms with Crippen LogP contribution in [-0.2, 0) is 4.79 Å². The number of halogens is 1. The third-order valence-corrected chi connectivity index (χ3v) is 4.75. The van der Waals surface area contributed by atoms with Gasteiger partial charge in [0.2, 0.25) is 5.91 Å². The monoisotopic (exact) mass is 396 g/mol. The normalized spacial score (nSPS) is 10.5. The molecule has 3 aromatic carbocycles. The number of nitrogens with one attached hydrogen (secondary N) is 2. The van der Waals surface area contributed by atoms with Gasteiger partial charge in [-0.2, -0.15) is 0 Å². The quantitative estimate of drug-likeness (QED) is 0.691. The van der Waals surface area contributed by atoms with Gasteiger partial charge in [-0.3, -0.25) is 9.59 Å². The zero-order chi connectivity index (χ0) is 17.8. The molecule has 0 aliphatic rings. The molecule has 3 aromatic rings. The van der Waals surface area contributed by atoms with E-state index in [0.717, 1.165) is 20.8 Å². The van der Waals surface area contributed by atoms with Gasteiger partial charge >= 0.3 is 0 Å². The fraction of sp³-hybridized carbons (Fsp3) is 0.100. The largest absolute Gasteiger partial charge is 0.343 e. The minimum Gasteiger partial charge on any atom is -0.343 e. The van der Waals surface area contributed by atoms with Crippen LogP contribution in [0.5, 0.6) is 0 Å². The van der Waals surface area contributed by atoms with E-state index in [2.05, 4.69) is 26.6 Å². The maximum Gasteiger partial charge on any atom is 0.251 e. The van der Waals surface area contributed by atoms with Crippen molar-refractivity contribution in [3.63, 3.8) is 0 Å². The van der Waals surface area contributed by atoms with Gasteiger partial charge in [0.05, 0.1) is 6.54 Å². The Kier molecular flexibility index (Phi) is 5.14. The summed E-state index contributed by atoms with van der Waals surface area (Å²) in [5, 5.41) is 7.48. The molecule has 4 nitrogen and oxygen atoms in total. The number of hydrogen-bond donors (Lipinski definition) is 2. The summed E-state index contributed by atoms with van der Waals surface area (Å²) in [6.07, 6.45) is 0. The van der Waals surface area contributed by atoms with Gasteiger partial charge in [0, 0.05) is 15.7 Å². The highest BCUT2D eigenvalue weighted by Gasteiger charge is 2.09. The Morgan fingerprint density at radius 1 is 0.960 bits per heavy atom. The lowest BCUT2D eigenvalue weighted by molar-refractivity contribution is -0.115. The van der Waals surface area contributed by atoms with Gasteiger partial charge < -0.3 is 10.6 Å². The third-order valence-electron chi connectivity index (χ3n) is 3.86. The van der Waals surface area contributed by atoms with Crippen LogP contribution in [0.25, 0.3) is 10.8 Å². The van der Waals surface area contributed by atoms with Crippen LogP contribution >= 0.6 is 15.9 Å². The van der Waals surface area contributed by atoms with Crippen LogP contribution in [0.4, 0.5) is 5.69 Å². The summed E-state index contributed by atoms with van der Waals surface area (Å²) < 4.78 is 0.982. The molecule has 0 spiro atoms. The molecular formula is C20H17BrN2O2. The van der Waals surface area contributed by atoms with Gasteiger partial charge in [0.1, 0.15) is 0 Å². The number of carbonyl (C=O) groups is 2. The predicted molar refractivity (Wildman–Crippen MR) is 104 cm³/mol. The van der Waals surface area contributed by atoms with Gasteiger partial charge in [-0.25, -0.2) is 0 Å². The van der Waals surface area contributed by atoms with Crippen LogP contribution in [0.3, 0.4) is 0 Å². The molecule has 2 amide bonds. The van der Waals surface area contributed by atoms with Crippen LogP contribution in [0.15, 0.2) is 65.1 Å². The van der Waals surface area contributed by atoms with E-state index in [-0.39, 0.29) is 18.4 Å². The third kappa shape index (κ3) is 4.25. The second kappa shape index (κ2) is 7.49. The molecule has 0 saturated heterocycles. The summed E-state index contributed by atoms with van der Waals surface area (Å²) in [4.78, 5) is 24.3. The Labute approximate surface area is 154 Å². The molecule has 2 N–H and O–H groups in total. The summed E-state index contributed by atoms with van der Waals surface area (Å²) in [7, 11) is 0. The Morgan fingerprint density at radius 2 is 1.72 bits per heavy atom. The molecule has 0 aromatic heterocycles. The Morgan fingerprint density at radius 3 is 2.48 bits per heavy atom. The zero-order valence-electron chi connectivity index (χ0n) is 13.7. The lowest BCUT2D eigenvalue weighted by Gasteiger charge is -2.09. The first-order chi connectivity index (χ1) is 12.0. The molecule has 0 fully saturated rings. The van der Waals surface area contributed by atoms with Gasteiger partial charge in [-0.15, -0.1) is 0 Å². The summed E-state index contributed by atoms with van der Waals surface area (Å²) in [5.41, 5.74) is 2.26. The van der Waals surface area contributed by atoms with Crippen molar-refractivity contribution in [1.29, 1.82) is 0 Å². The first-order valence-electron chi connectivity index (χ1n) is 7.86. The number of fused-ring (bicyclic) bond motifs is 1. The second-order valence-corrected chi connectivity index (χ2v) is 6.61. The van der Waals surface area contributed by atoms with Crippen LogP contribution in [0.1, 0.15) is 15.9 Å². The molecule has 0 aliphatic carbocycles. The molecule has 0 unspecified atom stereocenters. The van der Waals surface area contributed by atoms with E-state index in [1.807, 2.05) is 55.5 Å². The van der Waals surface area contributed by atoms with Crippen LogP contribution < -0.4 is 10.6 Å². The van der Waals surface area contributed by atoms with Crippen molar-refractivity contribution in [2.75, 3.05) is 11.9 Å². The number of benzene rings is 3. The highest BCUT2D eigenvalue weighted by Crippen LogP contribution is 2.20. The molecule has 126 valence electrons. The second-order valence-electron chi connectivity index (χ2n) is 5.76. The summed E-state index contributed by atoms with van der Waals surface area (Å²) in [6.45, 7) is 1.86. The van der Waals surface area contributed by atoms with Gasteiger partial charge in [-0.1, -0.05) is 46.3 Å². The van der Waals surface area contributed by atoms with Crippen molar-refractivity contribution >= 4 is 44.2 Å². The van der Waals surface area contributed by atoms with E-state index in [4.69, 9.17) is 0 Å². The smallest absolute Gasteiger partial charge is 0.251 e. The minimum atomic E-state index is -0.270. The molecule has 3 rings (SSSR count). The molecule has 0 atom stereocenters. The lowest BCUT2D eigenvalue weighted by atomic mass is 10.1. The highest BCUT2D eigenvalue weighted by molar-refractivity contribution is 9.10. The van der Waals surface area contributed by atoms with Crippen molar-refractivity contribution in [2.45, 2.75) is 6.92 Å². The van der Waals surface area contributed by atoms with Gasteiger partial charge in [0.25, 0.3) is 5.91 Å². The number of anilines is 1.